The number of aromatic carboxylic acids is 1. The summed E-state index contributed by atoms with van der Waals surface area (Å²) in [6, 6.07) is 14.4. The number of amides is 1. The highest BCUT2D eigenvalue weighted by molar-refractivity contribution is 6.47. The van der Waals surface area contributed by atoms with Gasteiger partial charge in [-0.05, 0) is 37.1 Å². The molecule has 0 unspecified atom stereocenters. The van der Waals surface area contributed by atoms with Crippen molar-refractivity contribution in [1.29, 1.82) is 0 Å². The van der Waals surface area contributed by atoms with Gasteiger partial charge in [0.25, 0.3) is 0 Å². The Kier molecular flexibility index (Phi) is 6.08. The fourth-order valence-corrected chi connectivity index (χ4v) is 3.61. The lowest BCUT2D eigenvalue weighted by Gasteiger charge is -2.28. The van der Waals surface area contributed by atoms with Gasteiger partial charge in [0, 0.05) is 5.69 Å². The van der Waals surface area contributed by atoms with Crippen LogP contribution in [0.2, 0.25) is 0 Å². The molecule has 4 rings (SSSR count). The number of aryl methyl sites for hydroxylation is 1. The van der Waals surface area contributed by atoms with Crippen LogP contribution in [-0.2, 0) is 24.3 Å². The van der Waals surface area contributed by atoms with Gasteiger partial charge in [-0.25, -0.2) is 9.48 Å². The molecule has 4 N–H and O–H groups in total. The predicted octanol–water partition coefficient (Wildman–Crippen LogP) is 1.04. The molecule has 0 bridgehead atoms. The maximum atomic E-state index is 12.7. The molecular formula is C21H22BN5O5. The van der Waals surface area contributed by atoms with Crippen LogP contribution in [0.5, 0.6) is 5.75 Å². The molecule has 1 atom stereocenters. The van der Waals surface area contributed by atoms with Crippen LogP contribution in [0.1, 0.15) is 27.3 Å². The lowest BCUT2D eigenvalue weighted by Crippen LogP contribution is -2.53. The number of anilines is 1. The SMILES string of the molecule is Cc1nnn(CC(=O)N[C@H]2Cc3cccc(C(=O)O)c3OB2O)c1CNc1ccccc1. The number of benzene rings is 2. The average Bonchev–Trinajstić information content (AvgIpc) is 3.11. The summed E-state index contributed by atoms with van der Waals surface area (Å²) >= 11 is 0. The number of hydrogen-bond donors (Lipinski definition) is 4. The average molecular weight is 435 g/mol. The normalized spacial score (nSPS) is 14.9. The van der Waals surface area contributed by atoms with Gasteiger partial charge in [0.1, 0.15) is 12.3 Å². The van der Waals surface area contributed by atoms with E-state index in [4.69, 9.17) is 4.65 Å². The summed E-state index contributed by atoms with van der Waals surface area (Å²) in [5.74, 6) is -2.12. The Hall–Kier alpha value is -3.86. The Balaban J connectivity index is 1.41. The summed E-state index contributed by atoms with van der Waals surface area (Å²) in [5.41, 5.74) is 2.98. The molecule has 3 aromatic rings. The second kappa shape index (κ2) is 9.10. The lowest BCUT2D eigenvalue weighted by molar-refractivity contribution is -0.122. The van der Waals surface area contributed by atoms with Gasteiger partial charge in [-0.1, -0.05) is 35.5 Å². The van der Waals surface area contributed by atoms with E-state index < -0.39 is 19.0 Å². The molecule has 10 nitrogen and oxygen atoms in total. The molecule has 32 heavy (non-hydrogen) atoms. The maximum absolute atomic E-state index is 12.7. The Bertz CT molecular complexity index is 1140. The number of carboxylic acids is 1. The largest absolute Gasteiger partial charge is 0.547 e. The molecule has 0 radical (unpaired) electrons. The Morgan fingerprint density at radius 2 is 2.00 bits per heavy atom. The van der Waals surface area contributed by atoms with Gasteiger partial charge in [-0.2, -0.15) is 0 Å². The third-order valence-electron chi connectivity index (χ3n) is 5.26. The topological polar surface area (TPSA) is 139 Å². The molecule has 0 fully saturated rings. The lowest BCUT2D eigenvalue weighted by atomic mass is 9.72. The van der Waals surface area contributed by atoms with Gasteiger partial charge in [0.05, 0.1) is 29.4 Å². The van der Waals surface area contributed by atoms with E-state index >= 15 is 0 Å². The first kappa shape index (κ1) is 21.4. The Morgan fingerprint density at radius 3 is 2.75 bits per heavy atom. The third kappa shape index (κ3) is 4.57. The second-order valence-electron chi connectivity index (χ2n) is 7.48. The number of carboxylic acid groups (broad SMARTS) is 1. The number of carbonyl (C=O) groups excluding carboxylic acids is 1. The standard InChI is InChI=1S/C21H22BN5O5/c1-13-17(11-23-15-7-3-2-4-8-15)27(26-25-13)12-19(28)24-18-10-14-6-5-9-16(21(29)30)20(14)32-22(18)31/h2-9,18,23,31H,10-12H2,1H3,(H,24,28)(H,29,30)/t18-/m0/s1. The number of aromatic nitrogens is 3. The molecule has 0 saturated carbocycles. The first-order valence-electron chi connectivity index (χ1n) is 10.1. The first-order valence-corrected chi connectivity index (χ1v) is 10.1. The Morgan fingerprint density at radius 1 is 1.22 bits per heavy atom. The molecule has 0 spiro atoms. The molecule has 1 amide bonds. The molecule has 1 aromatic heterocycles. The smallest absolute Gasteiger partial charge is 0.534 e. The quantitative estimate of drug-likeness (QED) is 0.404. The summed E-state index contributed by atoms with van der Waals surface area (Å²) in [4.78, 5) is 24.0. The van der Waals surface area contributed by atoms with Crippen molar-refractivity contribution >= 4 is 24.7 Å². The molecular weight excluding hydrogens is 413 g/mol. The van der Waals surface area contributed by atoms with E-state index in [9.17, 15) is 19.7 Å². The minimum absolute atomic E-state index is 0.0278. The molecule has 2 heterocycles. The molecule has 0 aliphatic carbocycles. The van der Waals surface area contributed by atoms with Gasteiger partial charge in [0.15, 0.2) is 0 Å². The summed E-state index contributed by atoms with van der Waals surface area (Å²) in [7, 11) is -1.37. The third-order valence-corrected chi connectivity index (χ3v) is 5.26. The number of rotatable bonds is 7. The van der Waals surface area contributed by atoms with Gasteiger partial charge in [-0.15, -0.1) is 5.10 Å². The molecule has 11 heteroatoms. The van der Waals surface area contributed by atoms with Crippen LogP contribution in [0.15, 0.2) is 48.5 Å². The summed E-state index contributed by atoms with van der Waals surface area (Å²) in [5, 5.41) is 33.8. The molecule has 1 aliphatic rings. The zero-order valence-corrected chi connectivity index (χ0v) is 17.4. The number of carbonyl (C=O) groups is 2. The molecule has 2 aromatic carbocycles. The van der Waals surface area contributed by atoms with Crippen LogP contribution in [0.4, 0.5) is 5.69 Å². The molecule has 1 aliphatic heterocycles. The van der Waals surface area contributed by atoms with E-state index in [0.29, 0.717) is 17.8 Å². The van der Waals surface area contributed by atoms with Crippen molar-refractivity contribution in [3.63, 3.8) is 0 Å². The van der Waals surface area contributed by atoms with E-state index in [1.165, 1.54) is 10.7 Å². The van der Waals surface area contributed by atoms with Gasteiger partial charge < -0.3 is 25.4 Å². The van der Waals surface area contributed by atoms with E-state index in [0.717, 1.165) is 11.4 Å². The highest BCUT2D eigenvalue weighted by atomic mass is 16.5. The second-order valence-corrected chi connectivity index (χ2v) is 7.48. The molecule has 0 saturated heterocycles. The van der Waals surface area contributed by atoms with Crippen LogP contribution >= 0.6 is 0 Å². The number of nitrogens with zero attached hydrogens (tertiary/aromatic N) is 3. The zero-order chi connectivity index (χ0) is 22.7. The summed E-state index contributed by atoms with van der Waals surface area (Å²) in [6.45, 7) is 2.17. The Labute approximate surface area is 184 Å². The van der Waals surface area contributed by atoms with E-state index in [2.05, 4.69) is 20.9 Å². The molecule has 164 valence electrons. The minimum atomic E-state index is -1.37. The van der Waals surface area contributed by atoms with Crippen LogP contribution in [-0.4, -0.2) is 50.1 Å². The highest BCUT2D eigenvalue weighted by Gasteiger charge is 2.37. The summed E-state index contributed by atoms with van der Waals surface area (Å²) in [6.07, 6.45) is 0.238. The maximum Gasteiger partial charge on any atom is 0.547 e. The fourth-order valence-electron chi connectivity index (χ4n) is 3.61. The predicted molar refractivity (Wildman–Crippen MR) is 116 cm³/mol. The first-order chi connectivity index (χ1) is 15.4. The van der Waals surface area contributed by atoms with Crippen molar-refractivity contribution in [2.24, 2.45) is 0 Å². The van der Waals surface area contributed by atoms with Crippen molar-refractivity contribution in [2.45, 2.75) is 32.4 Å². The van der Waals surface area contributed by atoms with Gasteiger partial charge in [0.2, 0.25) is 5.91 Å². The highest BCUT2D eigenvalue weighted by Crippen LogP contribution is 2.30. The number of fused-ring (bicyclic) bond motifs is 1. The van der Waals surface area contributed by atoms with E-state index in [1.807, 2.05) is 37.3 Å². The fraction of sp³-hybridized carbons (Fsp3) is 0.238. The van der Waals surface area contributed by atoms with Crippen LogP contribution in [0.3, 0.4) is 0 Å². The van der Waals surface area contributed by atoms with Crippen molar-refractivity contribution in [2.75, 3.05) is 5.32 Å². The van der Waals surface area contributed by atoms with Crippen molar-refractivity contribution in [1.82, 2.24) is 20.3 Å². The van der Waals surface area contributed by atoms with Crippen molar-refractivity contribution < 1.29 is 24.4 Å². The van der Waals surface area contributed by atoms with Crippen LogP contribution in [0.25, 0.3) is 0 Å². The van der Waals surface area contributed by atoms with Gasteiger partial charge >= 0.3 is 13.1 Å². The van der Waals surface area contributed by atoms with Gasteiger partial charge in [-0.3, -0.25) is 4.79 Å². The van der Waals surface area contributed by atoms with Crippen LogP contribution < -0.4 is 15.3 Å². The number of para-hydroxylation sites is 2. The van der Waals surface area contributed by atoms with Crippen LogP contribution in [0, 0.1) is 6.92 Å². The monoisotopic (exact) mass is 435 g/mol. The number of hydrogen-bond acceptors (Lipinski definition) is 7. The number of nitrogens with one attached hydrogen (secondary N) is 2. The van der Waals surface area contributed by atoms with Crippen molar-refractivity contribution in [3.8, 4) is 5.75 Å². The van der Waals surface area contributed by atoms with E-state index in [-0.39, 0.29) is 30.2 Å². The van der Waals surface area contributed by atoms with Crippen molar-refractivity contribution in [3.05, 3.63) is 71.0 Å². The zero-order valence-electron chi connectivity index (χ0n) is 17.4. The minimum Gasteiger partial charge on any atom is -0.534 e. The van der Waals surface area contributed by atoms with E-state index in [1.54, 1.807) is 12.1 Å². The summed E-state index contributed by atoms with van der Waals surface area (Å²) < 4.78 is 6.93.